The number of hydrogen-bond acceptors (Lipinski definition) is 6. The number of unbranched alkanes of at least 4 members (excludes halogenated alkanes) is 23. The second kappa shape index (κ2) is 47.8. The summed E-state index contributed by atoms with van der Waals surface area (Å²) in [6.45, 7) is 6.53. The monoisotopic (exact) mass is 825 g/mol. The summed E-state index contributed by atoms with van der Waals surface area (Å²) < 4.78 is 16.7. The molecule has 6 heteroatoms. The van der Waals surface area contributed by atoms with Crippen LogP contribution in [0.4, 0.5) is 0 Å². The van der Waals surface area contributed by atoms with Gasteiger partial charge in [0.25, 0.3) is 0 Å². The van der Waals surface area contributed by atoms with Crippen molar-refractivity contribution < 1.29 is 28.6 Å². The molecule has 0 aliphatic heterocycles. The molecule has 0 N–H and O–H groups in total. The van der Waals surface area contributed by atoms with Crippen molar-refractivity contribution in [2.24, 2.45) is 0 Å². The Morgan fingerprint density at radius 3 is 1.03 bits per heavy atom. The van der Waals surface area contributed by atoms with Crippen molar-refractivity contribution in [3.63, 3.8) is 0 Å². The van der Waals surface area contributed by atoms with Crippen LogP contribution in [0.3, 0.4) is 0 Å². The van der Waals surface area contributed by atoms with Gasteiger partial charge in [0, 0.05) is 19.3 Å². The van der Waals surface area contributed by atoms with Gasteiger partial charge in [-0.3, -0.25) is 14.4 Å². The van der Waals surface area contributed by atoms with E-state index in [4.69, 9.17) is 14.2 Å². The Hall–Kier alpha value is -2.89. The molecule has 0 aromatic carbocycles. The number of ether oxygens (including phenoxy) is 3. The molecular weight excluding hydrogens is 733 g/mol. The molecule has 0 aliphatic rings. The van der Waals surface area contributed by atoms with Gasteiger partial charge >= 0.3 is 17.9 Å². The summed E-state index contributed by atoms with van der Waals surface area (Å²) in [6, 6.07) is 0. The van der Waals surface area contributed by atoms with Crippen LogP contribution < -0.4 is 0 Å². The Morgan fingerprint density at radius 2 is 0.610 bits per heavy atom. The summed E-state index contributed by atoms with van der Waals surface area (Å²) in [6.07, 6.45) is 57.7. The van der Waals surface area contributed by atoms with Crippen LogP contribution in [0.2, 0.25) is 0 Å². The van der Waals surface area contributed by atoms with Crippen LogP contribution in [-0.2, 0) is 28.6 Å². The molecule has 0 saturated carbocycles. The van der Waals surface area contributed by atoms with Gasteiger partial charge in [-0.25, -0.2) is 0 Å². The zero-order valence-electron chi connectivity index (χ0n) is 38.8. The molecule has 0 fully saturated rings. The van der Waals surface area contributed by atoms with Crippen LogP contribution in [0.5, 0.6) is 0 Å². The summed E-state index contributed by atoms with van der Waals surface area (Å²) in [4.78, 5) is 37.8. The number of allylic oxidation sites excluding steroid dienone is 10. The maximum Gasteiger partial charge on any atom is 0.306 e. The highest BCUT2D eigenvalue weighted by Gasteiger charge is 2.19. The highest BCUT2D eigenvalue weighted by Crippen LogP contribution is 2.13. The lowest BCUT2D eigenvalue weighted by Gasteiger charge is -2.18. The molecule has 0 heterocycles. The number of rotatable bonds is 44. The second-order valence-corrected chi connectivity index (χ2v) is 16.4. The van der Waals surface area contributed by atoms with E-state index in [1.807, 2.05) is 0 Å². The first-order valence-corrected chi connectivity index (χ1v) is 24.8. The van der Waals surface area contributed by atoms with Crippen LogP contribution in [0.1, 0.15) is 239 Å². The Morgan fingerprint density at radius 1 is 0.339 bits per heavy atom. The Bertz CT molecular complexity index is 1090. The van der Waals surface area contributed by atoms with E-state index in [1.165, 1.54) is 103 Å². The zero-order chi connectivity index (χ0) is 43.0. The van der Waals surface area contributed by atoms with E-state index in [1.54, 1.807) is 0 Å². The lowest BCUT2D eigenvalue weighted by Crippen LogP contribution is -2.30. The number of carbonyl (C=O) groups excluding carboxylic acids is 3. The lowest BCUT2D eigenvalue weighted by atomic mass is 10.1. The van der Waals surface area contributed by atoms with Crippen molar-refractivity contribution in [1.29, 1.82) is 0 Å². The van der Waals surface area contributed by atoms with E-state index in [2.05, 4.69) is 81.5 Å². The maximum absolute atomic E-state index is 12.7. The van der Waals surface area contributed by atoms with E-state index in [9.17, 15) is 14.4 Å². The van der Waals surface area contributed by atoms with Crippen molar-refractivity contribution in [3.05, 3.63) is 60.8 Å². The van der Waals surface area contributed by atoms with Gasteiger partial charge in [0.15, 0.2) is 6.10 Å². The van der Waals surface area contributed by atoms with E-state index >= 15 is 0 Å². The molecule has 0 aromatic rings. The molecule has 0 aromatic heterocycles. The summed E-state index contributed by atoms with van der Waals surface area (Å²) in [5, 5.41) is 0. The second-order valence-electron chi connectivity index (χ2n) is 16.4. The predicted octanol–water partition coefficient (Wildman–Crippen LogP) is 16.1. The fourth-order valence-electron chi connectivity index (χ4n) is 6.71. The molecule has 0 spiro atoms. The van der Waals surface area contributed by atoms with Gasteiger partial charge in [-0.2, -0.15) is 0 Å². The van der Waals surface area contributed by atoms with Gasteiger partial charge in [0.2, 0.25) is 0 Å². The summed E-state index contributed by atoms with van der Waals surface area (Å²) in [5.41, 5.74) is 0. The lowest BCUT2D eigenvalue weighted by molar-refractivity contribution is -0.167. The van der Waals surface area contributed by atoms with Gasteiger partial charge in [-0.1, -0.05) is 191 Å². The van der Waals surface area contributed by atoms with E-state index < -0.39 is 6.10 Å². The number of carbonyl (C=O) groups is 3. The molecule has 6 nitrogen and oxygen atoms in total. The standard InChI is InChI=1S/C53H92O6/c1-4-7-10-13-16-19-21-23-24-25-26-27-28-30-31-34-37-40-43-46-52(55)58-49-50(48-57-51(54)45-42-39-36-33-18-15-12-9-6-3)59-53(56)47-44-41-38-35-32-29-22-20-17-14-11-8-5-2/h16,19-20,22-24,26-27,30-31,50H,4-15,17-18,21,25,28-29,32-49H2,1-3H3/b19-16-,22-20-,24-23-,27-26-,31-30-/t50-/m1/s1. The minimum Gasteiger partial charge on any atom is -0.462 e. The predicted molar refractivity (Wildman–Crippen MR) is 251 cm³/mol. The minimum absolute atomic E-state index is 0.0868. The Balaban J connectivity index is 4.39. The van der Waals surface area contributed by atoms with Crippen molar-refractivity contribution in [2.75, 3.05) is 13.2 Å². The smallest absolute Gasteiger partial charge is 0.306 e. The molecule has 0 aliphatic carbocycles. The van der Waals surface area contributed by atoms with Gasteiger partial charge in [0.05, 0.1) is 0 Å². The Labute approximate surface area is 364 Å². The normalized spacial score (nSPS) is 12.5. The molecule has 0 rings (SSSR count). The van der Waals surface area contributed by atoms with Crippen LogP contribution >= 0.6 is 0 Å². The minimum atomic E-state index is -0.787. The average molecular weight is 825 g/mol. The highest BCUT2D eigenvalue weighted by molar-refractivity contribution is 5.71. The van der Waals surface area contributed by atoms with Crippen molar-refractivity contribution >= 4 is 17.9 Å². The topological polar surface area (TPSA) is 78.9 Å². The van der Waals surface area contributed by atoms with Gasteiger partial charge in [-0.05, 0) is 89.9 Å². The van der Waals surface area contributed by atoms with E-state index in [-0.39, 0.29) is 31.1 Å². The van der Waals surface area contributed by atoms with Crippen molar-refractivity contribution in [1.82, 2.24) is 0 Å². The Kier molecular flexibility index (Phi) is 45.4. The maximum atomic E-state index is 12.7. The first-order valence-electron chi connectivity index (χ1n) is 24.8. The molecular formula is C53H92O6. The summed E-state index contributed by atoms with van der Waals surface area (Å²) in [7, 11) is 0. The summed E-state index contributed by atoms with van der Waals surface area (Å²) >= 11 is 0. The van der Waals surface area contributed by atoms with Crippen molar-refractivity contribution in [2.45, 2.75) is 245 Å². The van der Waals surface area contributed by atoms with Gasteiger partial charge in [-0.15, -0.1) is 0 Å². The number of hydrogen-bond donors (Lipinski definition) is 0. The van der Waals surface area contributed by atoms with Crippen LogP contribution in [-0.4, -0.2) is 37.2 Å². The fourth-order valence-corrected chi connectivity index (χ4v) is 6.71. The highest BCUT2D eigenvalue weighted by atomic mass is 16.6. The zero-order valence-corrected chi connectivity index (χ0v) is 38.8. The van der Waals surface area contributed by atoms with Gasteiger partial charge < -0.3 is 14.2 Å². The SMILES string of the molecule is CCCCC/C=C\C/C=C\C/C=C\C/C=C\CCCCCC(=O)OC[C@@H](COC(=O)CCCCCCCCCCC)OC(=O)CCCCCCC/C=C\CCCCCC. The van der Waals surface area contributed by atoms with Crippen LogP contribution in [0, 0.1) is 0 Å². The molecule has 0 radical (unpaired) electrons. The van der Waals surface area contributed by atoms with Crippen LogP contribution in [0.25, 0.3) is 0 Å². The third-order valence-electron chi connectivity index (χ3n) is 10.5. The fraction of sp³-hybridized carbons (Fsp3) is 0.755. The van der Waals surface area contributed by atoms with E-state index in [0.717, 1.165) is 96.3 Å². The van der Waals surface area contributed by atoms with E-state index in [0.29, 0.717) is 19.3 Å². The third kappa shape index (κ3) is 46.0. The number of esters is 3. The molecule has 340 valence electrons. The van der Waals surface area contributed by atoms with Gasteiger partial charge in [0.1, 0.15) is 13.2 Å². The third-order valence-corrected chi connectivity index (χ3v) is 10.5. The molecule has 0 amide bonds. The quantitative estimate of drug-likeness (QED) is 0.0263. The first-order chi connectivity index (χ1) is 29.0. The first kappa shape index (κ1) is 56.1. The average Bonchev–Trinajstić information content (AvgIpc) is 3.23. The molecule has 0 unspecified atom stereocenters. The molecule has 1 atom stereocenters. The van der Waals surface area contributed by atoms with Crippen molar-refractivity contribution in [3.8, 4) is 0 Å². The molecule has 0 saturated heterocycles. The summed E-state index contributed by atoms with van der Waals surface area (Å²) in [5.74, 6) is -0.930. The largest absolute Gasteiger partial charge is 0.462 e. The van der Waals surface area contributed by atoms with Crippen LogP contribution in [0.15, 0.2) is 60.8 Å². The molecule has 0 bridgehead atoms. The molecule has 59 heavy (non-hydrogen) atoms.